The number of hydrogen-bond donors (Lipinski definition) is 0. The van der Waals surface area contributed by atoms with E-state index in [-0.39, 0.29) is 5.78 Å². The van der Waals surface area contributed by atoms with Crippen LogP contribution >= 0.6 is 23.4 Å². The van der Waals surface area contributed by atoms with Gasteiger partial charge in [0, 0.05) is 26.8 Å². The molecule has 0 atom stereocenters. The van der Waals surface area contributed by atoms with Gasteiger partial charge in [-0.15, -0.1) is 0 Å². The molecule has 1 aliphatic carbocycles. The van der Waals surface area contributed by atoms with E-state index in [0.29, 0.717) is 23.5 Å². The number of ketones is 1. The average molecular weight is 321 g/mol. The Morgan fingerprint density at radius 2 is 1.86 bits per heavy atom. The molecule has 3 nitrogen and oxygen atoms in total. The number of hydrogen-bond acceptors (Lipinski definition) is 4. The first-order valence-electron chi connectivity index (χ1n) is 6.38. The topological polar surface area (TPSA) is 35.5 Å². The van der Waals surface area contributed by atoms with Gasteiger partial charge in [0.05, 0.1) is 14.2 Å². The van der Waals surface area contributed by atoms with Gasteiger partial charge in [0.25, 0.3) is 0 Å². The van der Waals surface area contributed by atoms with Crippen molar-refractivity contribution in [1.82, 2.24) is 0 Å². The lowest BCUT2D eigenvalue weighted by atomic mass is 10.0. The first kappa shape index (κ1) is 14.3. The van der Waals surface area contributed by atoms with Crippen LogP contribution in [0.5, 0.6) is 11.5 Å². The molecule has 0 amide bonds. The smallest absolute Gasteiger partial charge is 0.187 e. The second kappa shape index (κ2) is 5.62. The molecular weight excluding hydrogens is 308 g/mol. The maximum absolute atomic E-state index is 12.5. The number of allylic oxidation sites excluding steroid dienone is 5. The Morgan fingerprint density at radius 3 is 2.57 bits per heavy atom. The van der Waals surface area contributed by atoms with Crippen molar-refractivity contribution in [2.24, 2.45) is 0 Å². The van der Waals surface area contributed by atoms with E-state index in [1.165, 1.54) is 0 Å². The van der Waals surface area contributed by atoms with Crippen LogP contribution in [-0.4, -0.2) is 20.0 Å². The highest BCUT2D eigenvalue weighted by Gasteiger charge is 2.24. The second-order valence-corrected chi connectivity index (χ2v) is 6.23. The number of rotatable bonds is 2. The van der Waals surface area contributed by atoms with Crippen molar-refractivity contribution in [2.45, 2.75) is 11.3 Å². The Labute approximate surface area is 132 Å². The molecular formula is C16H13ClO3S. The van der Waals surface area contributed by atoms with Crippen LogP contribution in [0, 0.1) is 0 Å². The van der Waals surface area contributed by atoms with Gasteiger partial charge < -0.3 is 9.47 Å². The van der Waals surface area contributed by atoms with Crippen molar-refractivity contribution >= 4 is 29.1 Å². The molecule has 0 fully saturated rings. The van der Waals surface area contributed by atoms with E-state index in [1.807, 2.05) is 18.2 Å². The van der Waals surface area contributed by atoms with Crippen LogP contribution in [0.25, 0.3) is 0 Å². The lowest BCUT2D eigenvalue weighted by molar-refractivity contribution is 0.104. The van der Waals surface area contributed by atoms with Crippen LogP contribution in [0.1, 0.15) is 16.8 Å². The number of methoxy groups -OCH3 is 2. The summed E-state index contributed by atoms with van der Waals surface area (Å²) in [6.07, 6.45) is 6.07. The van der Waals surface area contributed by atoms with Gasteiger partial charge in [0.15, 0.2) is 17.3 Å². The molecule has 1 aromatic rings. The minimum Gasteiger partial charge on any atom is -0.493 e. The van der Waals surface area contributed by atoms with E-state index < -0.39 is 0 Å². The third-order valence-corrected chi connectivity index (χ3v) is 4.80. The van der Waals surface area contributed by atoms with E-state index in [9.17, 15) is 4.79 Å². The predicted octanol–water partition coefficient (Wildman–Crippen LogP) is 4.33. The molecule has 1 heterocycles. The molecule has 1 aromatic carbocycles. The second-order valence-electron chi connectivity index (χ2n) is 4.66. The first-order valence-corrected chi connectivity index (χ1v) is 7.57. The number of benzene rings is 1. The monoisotopic (exact) mass is 320 g/mol. The lowest BCUT2D eigenvalue weighted by Gasteiger charge is -2.14. The molecule has 0 N–H and O–H groups in total. The van der Waals surface area contributed by atoms with Crippen LogP contribution < -0.4 is 9.47 Å². The van der Waals surface area contributed by atoms with Gasteiger partial charge in [-0.2, -0.15) is 0 Å². The molecule has 0 radical (unpaired) electrons. The normalized spacial score (nSPS) is 16.9. The molecule has 0 spiro atoms. The average Bonchev–Trinajstić information content (AvgIpc) is 2.61. The van der Waals surface area contributed by atoms with Crippen LogP contribution in [-0.2, 0) is 0 Å². The zero-order valence-electron chi connectivity index (χ0n) is 11.6. The van der Waals surface area contributed by atoms with Gasteiger partial charge in [-0.1, -0.05) is 23.4 Å². The largest absolute Gasteiger partial charge is 0.493 e. The summed E-state index contributed by atoms with van der Waals surface area (Å²) in [6, 6.07) is 3.57. The fourth-order valence-corrected chi connectivity index (χ4v) is 3.59. The number of ether oxygens (including phenoxy) is 2. The quantitative estimate of drug-likeness (QED) is 0.812. The van der Waals surface area contributed by atoms with Crippen molar-refractivity contribution in [1.29, 1.82) is 0 Å². The predicted molar refractivity (Wildman–Crippen MR) is 84.5 cm³/mol. The van der Waals surface area contributed by atoms with Crippen molar-refractivity contribution < 1.29 is 14.3 Å². The number of halogens is 1. The Balaban J connectivity index is 2.13. The summed E-state index contributed by atoms with van der Waals surface area (Å²) in [4.78, 5) is 14.4. The number of carbonyl (C=O) groups is 1. The Morgan fingerprint density at radius 1 is 1.14 bits per heavy atom. The van der Waals surface area contributed by atoms with E-state index in [1.54, 1.807) is 38.1 Å². The van der Waals surface area contributed by atoms with Crippen LogP contribution in [0.15, 0.2) is 50.8 Å². The standard InChI is InChI=1S/C16H13ClO3S/c1-19-13-7-11-12(18)6-9-5-10(17)3-4-15(9)21-16(11)8-14(13)20-2/h3-4,6-8H,5H2,1-2H3. The van der Waals surface area contributed by atoms with Crippen molar-refractivity contribution in [3.63, 3.8) is 0 Å². The summed E-state index contributed by atoms with van der Waals surface area (Å²) in [5.74, 6) is 1.13. The van der Waals surface area contributed by atoms with Crippen LogP contribution in [0.3, 0.4) is 0 Å². The summed E-state index contributed by atoms with van der Waals surface area (Å²) in [6.45, 7) is 0. The first-order chi connectivity index (χ1) is 10.1. The summed E-state index contributed by atoms with van der Waals surface area (Å²) in [5, 5.41) is 0.736. The molecule has 5 heteroatoms. The maximum atomic E-state index is 12.5. The third-order valence-electron chi connectivity index (χ3n) is 3.37. The molecule has 0 saturated heterocycles. The van der Waals surface area contributed by atoms with Crippen LogP contribution in [0.4, 0.5) is 0 Å². The summed E-state index contributed by atoms with van der Waals surface area (Å²) in [5.41, 5.74) is 1.57. The van der Waals surface area contributed by atoms with Gasteiger partial charge in [-0.3, -0.25) is 4.79 Å². The SMILES string of the molecule is COc1cc2c(cc1OC)C(=O)C=C1CC(Cl)=CC=C1S2. The van der Waals surface area contributed by atoms with Crippen molar-refractivity contribution in [3.05, 3.63) is 51.4 Å². The molecule has 108 valence electrons. The van der Waals surface area contributed by atoms with Gasteiger partial charge >= 0.3 is 0 Å². The lowest BCUT2D eigenvalue weighted by Crippen LogP contribution is -1.99. The van der Waals surface area contributed by atoms with Crippen LogP contribution in [0.2, 0.25) is 0 Å². The zero-order chi connectivity index (χ0) is 15.0. The Bertz CT molecular complexity index is 716. The van der Waals surface area contributed by atoms with E-state index in [0.717, 1.165) is 20.4 Å². The molecule has 0 bridgehead atoms. The maximum Gasteiger partial charge on any atom is 0.187 e. The van der Waals surface area contributed by atoms with Crippen molar-refractivity contribution in [2.75, 3.05) is 14.2 Å². The highest BCUT2D eigenvalue weighted by molar-refractivity contribution is 8.03. The molecule has 0 unspecified atom stereocenters. The molecule has 1 aliphatic heterocycles. The highest BCUT2D eigenvalue weighted by atomic mass is 35.5. The summed E-state index contributed by atoms with van der Waals surface area (Å²) >= 11 is 7.61. The van der Waals surface area contributed by atoms with E-state index in [4.69, 9.17) is 21.1 Å². The Kier molecular flexibility index (Phi) is 3.83. The third kappa shape index (κ3) is 2.61. The molecule has 21 heavy (non-hydrogen) atoms. The number of carbonyl (C=O) groups excluding carboxylic acids is 1. The zero-order valence-corrected chi connectivity index (χ0v) is 13.2. The minimum atomic E-state index is -0.0387. The molecule has 2 aliphatic rings. The molecule has 3 rings (SSSR count). The summed E-state index contributed by atoms with van der Waals surface area (Å²) in [7, 11) is 3.14. The van der Waals surface area contributed by atoms with Crippen molar-refractivity contribution in [3.8, 4) is 11.5 Å². The van der Waals surface area contributed by atoms with E-state index >= 15 is 0 Å². The molecule has 0 saturated carbocycles. The number of thioether (sulfide) groups is 1. The molecule has 0 aromatic heterocycles. The van der Waals surface area contributed by atoms with Gasteiger partial charge in [0.1, 0.15) is 0 Å². The fraction of sp³-hybridized carbons (Fsp3) is 0.188. The van der Waals surface area contributed by atoms with Gasteiger partial charge in [-0.25, -0.2) is 0 Å². The summed E-state index contributed by atoms with van der Waals surface area (Å²) < 4.78 is 10.6. The van der Waals surface area contributed by atoms with Gasteiger partial charge in [-0.05, 0) is 35.9 Å². The fourth-order valence-electron chi connectivity index (χ4n) is 2.31. The minimum absolute atomic E-state index is 0.0387. The van der Waals surface area contributed by atoms with E-state index in [2.05, 4.69) is 0 Å². The Hall–Kier alpha value is -1.65. The highest BCUT2D eigenvalue weighted by Crippen LogP contribution is 2.45. The van der Waals surface area contributed by atoms with Gasteiger partial charge in [0.2, 0.25) is 0 Å². The number of fused-ring (bicyclic) bond motifs is 2.